The van der Waals surface area contributed by atoms with E-state index in [9.17, 15) is 9.59 Å². The summed E-state index contributed by atoms with van der Waals surface area (Å²) in [5.74, 6) is 0.679. The van der Waals surface area contributed by atoms with Gasteiger partial charge in [0.1, 0.15) is 7.85 Å². The molecule has 0 spiro atoms. The molecule has 1 aliphatic heterocycles. The fourth-order valence-corrected chi connectivity index (χ4v) is 4.61. The average Bonchev–Trinajstić information content (AvgIpc) is 2.72. The maximum Gasteiger partial charge on any atom is 0.247 e. The first-order valence-corrected chi connectivity index (χ1v) is 9.69. The third-order valence-corrected chi connectivity index (χ3v) is 5.46. The lowest BCUT2D eigenvalue weighted by atomic mass is 9.62. The number of imide groups is 1. The molecule has 1 atom stereocenters. The van der Waals surface area contributed by atoms with Gasteiger partial charge in [0.15, 0.2) is 0 Å². The van der Waals surface area contributed by atoms with Crippen molar-refractivity contribution >= 4 is 37.1 Å². The quantitative estimate of drug-likeness (QED) is 0.584. The summed E-state index contributed by atoms with van der Waals surface area (Å²) in [4.78, 5) is 26.0. The summed E-state index contributed by atoms with van der Waals surface area (Å²) >= 11 is 1.55. The Kier molecular flexibility index (Phi) is 5.53. The van der Waals surface area contributed by atoms with Crippen molar-refractivity contribution in [3.63, 3.8) is 0 Å². The molecule has 2 rings (SSSR count). The predicted molar refractivity (Wildman–Crippen MR) is 106 cm³/mol. The number of benzene rings is 1. The van der Waals surface area contributed by atoms with Gasteiger partial charge in [-0.15, -0.1) is 11.8 Å². The third kappa shape index (κ3) is 4.24. The van der Waals surface area contributed by atoms with Gasteiger partial charge in [-0.25, -0.2) is 4.90 Å². The molecule has 0 aromatic heterocycles. The predicted octanol–water partition coefficient (Wildman–Crippen LogP) is 3.57. The minimum atomic E-state index is -0.223. The summed E-state index contributed by atoms with van der Waals surface area (Å²) in [6.45, 7) is 11.0. The zero-order valence-corrected chi connectivity index (χ0v) is 16.5. The number of anilines is 1. The second-order valence-electron chi connectivity index (χ2n) is 8.38. The summed E-state index contributed by atoms with van der Waals surface area (Å²) < 4.78 is 0. The molecule has 0 saturated carbocycles. The Hall–Kier alpha value is -1.23. The van der Waals surface area contributed by atoms with Crippen molar-refractivity contribution in [3.8, 4) is 0 Å². The Morgan fingerprint density at radius 2 is 1.75 bits per heavy atom. The molecule has 0 aliphatic carbocycles. The van der Waals surface area contributed by atoms with Crippen LogP contribution in [0.5, 0.6) is 0 Å². The molecule has 1 aromatic carbocycles. The van der Waals surface area contributed by atoms with Gasteiger partial charge in [-0.3, -0.25) is 9.59 Å². The van der Waals surface area contributed by atoms with Crippen LogP contribution in [0.2, 0.25) is 5.31 Å². The van der Waals surface area contributed by atoms with E-state index in [4.69, 9.17) is 0 Å². The first-order chi connectivity index (χ1) is 11.0. The Morgan fingerprint density at radius 1 is 1.17 bits per heavy atom. The van der Waals surface area contributed by atoms with Crippen molar-refractivity contribution in [1.82, 2.24) is 0 Å². The number of hydrogen-bond donors (Lipinski definition) is 0. The number of thioether (sulfide) groups is 1. The minimum Gasteiger partial charge on any atom is -0.274 e. The van der Waals surface area contributed by atoms with Crippen molar-refractivity contribution in [2.45, 2.75) is 63.4 Å². The molecule has 24 heavy (non-hydrogen) atoms. The first kappa shape index (κ1) is 19.1. The van der Waals surface area contributed by atoms with Gasteiger partial charge in [0.2, 0.25) is 11.8 Å². The van der Waals surface area contributed by atoms with E-state index >= 15 is 0 Å². The number of nitrogens with zero attached hydrogens (tertiary/aromatic N) is 1. The third-order valence-electron chi connectivity index (χ3n) is 4.35. The number of carbonyl (C=O) groups excluding carboxylic acids is 2. The van der Waals surface area contributed by atoms with E-state index in [-0.39, 0.29) is 27.8 Å². The van der Waals surface area contributed by atoms with Gasteiger partial charge < -0.3 is 0 Å². The van der Waals surface area contributed by atoms with Gasteiger partial charge in [-0.1, -0.05) is 52.1 Å². The fraction of sp³-hybridized carbons (Fsp3) is 0.579. The highest BCUT2D eigenvalue weighted by Crippen LogP contribution is 2.39. The summed E-state index contributed by atoms with van der Waals surface area (Å²) in [5, 5.41) is 0.0210. The van der Waals surface area contributed by atoms with Gasteiger partial charge >= 0.3 is 0 Å². The minimum absolute atomic E-state index is 0.0520. The summed E-state index contributed by atoms with van der Waals surface area (Å²) in [5.41, 5.74) is 1.98. The normalized spacial score (nSPS) is 19.2. The van der Waals surface area contributed by atoms with E-state index in [0.717, 1.165) is 12.2 Å². The van der Waals surface area contributed by atoms with Crippen LogP contribution in [0.25, 0.3) is 0 Å². The molecule has 0 radical (unpaired) electrons. The molecule has 1 aliphatic rings. The van der Waals surface area contributed by atoms with Gasteiger partial charge in [-0.05, 0) is 35.3 Å². The van der Waals surface area contributed by atoms with Gasteiger partial charge in [0, 0.05) is 6.42 Å². The summed E-state index contributed by atoms with van der Waals surface area (Å²) in [7, 11) is 2.25. The SMILES string of the molecule is BC(C)(C)CC(C)(C)c1ccc(N2C(=O)CC(SCC)C2=O)cc1. The molecule has 1 saturated heterocycles. The molecular weight excluding hydrogens is 317 g/mol. The molecule has 0 bridgehead atoms. The van der Waals surface area contributed by atoms with Gasteiger partial charge in [-0.2, -0.15) is 0 Å². The molecule has 1 unspecified atom stereocenters. The summed E-state index contributed by atoms with van der Waals surface area (Å²) in [6.07, 6.45) is 1.38. The van der Waals surface area contributed by atoms with E-state index in [1.165, 1.54) is 10.5 Å². The van der Waals surface area contributed by atoms with Crippen LogP contribution in [-0.4, -0.2) is 30.7 Å². The molecule has 1 heterocycles. The lowest BCUT2D eigenvalue weighted by Gasteiger charge is -2.33. The second-order valence-corrected chi connectivity index (χ2v) is 9.86. The van der Waals surface area contributed by atoms with E-state index in [1.54, 1.807) is 11.8 Å². The van der Waals surface area contributed by atoms with Crippen molar-refractivity contribution in [2.75, 3.05) is 10.7 Å². The van der Waals surface area contributed by atoms with Crippen LogP contribution < -0.4 is 4.90 Å². The first-order valence-electron chi connectivity index (χ1n) is 8.64. The number of carbonyl (C=O) groups is 2. The Morgan fingerprint density at radius 3 is 2.25 bits per heavy atom. The molecule has 1 aromatic rings. The Labute approximate surface area is 151 Å². The van der Waals surface area contributed by atoms with Crippen LogP contribution in [0.3, 0.4) is 0 Å². The zero-order valence-electron chi connectivity index (χ0n) is 15.7. The molecule has 5 heteroatoms. The topological polar surface area (TPSA) is 37.4 Å². The maximum atomic E-state index is 12.5. The smallest absolute Gasteiger partial charge is 0.247 e. The van der Waals surface area contributed by atoms with Crippen LogP contribution in [-0.2, 0) is 15.0 Å². The molecular formula is C19H28BNO2S. The zero-order chi connectivity index (χ0) is 18.1. The Balaban J connectivity index is 2.21. The number of hydrogen-bond acceptors (Lipinski definition) is 3. The molecule has 1 fully saturated rings. The van der Waals surface area contributed by atoms with Gasteiger partial charge in [0.25, 0.3) is 0 Å². The molecule has 2 amide bonds. The van der Waals surface area contributed by atoms with Crippen LogP contribution in [0.1, 0.15) is 53.0 Å². The fourth-order valence-electron chi connectivity index (χ4n) is 3.70. The summed E-state index contributed by atoms with van der Waals surface area (Å²) in [6, 6.07) is 7.94. The highest BCUT2D eigenvalue weighted by atomic mass is 32.2. The van der Waals surface area contributed by atoms with E-state index < -0.39 is 0 Å². The maximum absolute atomic E-state index is 12.5. The van der Waals surface area contributed by atoms with Crippen molar-refractivity contribution in [1.29, 1.82) is 0 Å². The second kappa shape index (κ2) is 6.95. The molecule has 0 N–H and O–H groups in total. The molecule has 130 valence electrons. The average molecular weight is 345 g/mol. The van der Waals surface area contributed by atoms with Crippen molar-refractivity contribution in [2.24, 2.45) is 0 Å². The number of amides is 2. The Bertz CT molecular complexity index is 619. The lowest BCUT2D eigenvalue weighted by Crippen LogP contribution is -2.31. The molecule has 3 nitrogen and oxygen atoms in total. The standard InChI is InChI=1S/C19H28BNO2S/c1-6-24-15-11-16(22)21(17(15)23)14-9-7-13(8-10-14)18(2,3)12-19(4,5)20/h7-10,15H,6,11-12,20H2,1-5H3. The highest BCUT2D eigenvalue weighted by molar-refractivity contribution is 8.00. The van der Waals surface area contributed by atoms with Crippen LogP contribution in [0, 0.1) is 0 Å². The van der Waals surface area contributed by atoms with Crippen molar-refractivity contribution < 1.29 is 9.59 Å². The monoisotopic (exact) mass is 345 g/mol. The van der Waals surface area contributed by atoms with Crippen LogP contribution in [0.4, 0.5) is 5.69 Å². The highest BCUT2D eigenvalue weighted by Gasteiger charge is 2.39. The van der Waals surface area contributed by atoms with Crippen LogP contribution >= 0.6 is 11.8 Å². The largest absolute Gasteiger partial charge is 0.274 e. The lowest BCUT2D eigenvalue weighted by molar-refractivity contribution is -0.121. The van der Waals surface area contributed by atoms with E-state index in [2.05, 4.69) is 47.7 Å². The van der Waals surface area contributed by atoms with Crippen LogP contribution in [0.15, 0.2) is 24.3 Å². The van der Waals surface area contributed by atoms with E-state index in [1.807, 2.05) is 19.1 Å². The number of rotatable bonds is 6. The van der Waals surface area contributed by atoms with E-state index in [0.29, 0.717) is 12.1 Å². The van der Waals surface area contributed by atoms with Gasteiger partial charge in [0.05, 0.1) is 10.9 Å². The van der Waals surface area contributed by atoms with Crippen molar-refractivity contribution in [3.05, 3.63) is 29.8 Å².